The fourth-order valence-corrected chi connectivity index (χ4v) is 4.12. The first kappa shape index (κ1) is 21.2. The zero-order chi connectivity index (χ0) is 20.0. The highest BCUT2D eigenvalue weighted by atomic mass is 35.5. The Kier molecular flexibility index (Phi) is 7.24. The molecule has 2 aromatic rings. The van der Waals surface area contributed by atoms with Crippen LogP contribution in [0, 0.1) is 0 Å². The number of nitrogens with one attached hydrogen (secondary N) is 1. The molecule has 0 unspecified atom stereocenters. The molecular formula is C19H23ClN2O4S. The molecule has 0 spiro atoms. The lowest BCUT2D eigenvalue weighted by Crippen LogP contribution is -2.47. The molecule has 0 radical (unpaired) electrons. The minimum absolute atomic E-state index is 0.305. The molecule has 146 valence electrons. The first-order valence-electron chi connectivity index (χ1n) is 8.40. The van der Waals surface area contributed by atoms with E-state index in [1.165, 1.54) is 0 Å². The van der Waals surface area contributed by atoms with E-state index in [0.29, 0.717) is 29.4 Å². The molecule has 2 rings (SSSR count). The van der Waals surface area contributed by atoms with Crippen LogP contribution in [0.1, 0.15) is 18.9 Å². The van der Waals surface area contributed by atoms with Gasteiger partial charge in [-0.2, -0.15) is 0 Å². The monoisotopic (exact) mass is 410 g/mol. The number of hydrogen-bond acceptors (Lipinski definition) is 4. The van der Waals surface area contributed by atoms with Crippen molar-refractivity contribution in [1.82, 2.24) is 0 Å². The number of benzene rings is 2. The third kappa shape index (κ3) is 5.69. The van der Waals surface area contributed by atoms with Crippen molar-refractivity contribution in [1.29, 1.82) is 0 Å². The van der Waals surface area contributed by atoms with Crippen LogP contribution in [0.15, 0.2) is 48.5 Å². The van der Waals surface area contributed by atoms with E-state index in [9.17, 15) is 13.2 Å². The lowest BCUT2D eigenvalue weighted by molar-refractivity contribution is -0.117. The van der Waals surface area contributed by atoms with Crippen LogP contribution in [0.5, 0.6) is 0 Å². The Morgan fingerprint density at radius 1 is 1.22 bits per heavy atom. The number of carbonyl (C=O) groups is 1. The van der Waals surface area contributed by atoms with E-state index in [2.05, 4.69) is 5.32 Å². The molecule has 0 heterocycles. The molecular weight excluding hydrogens is 388 g/mol. The number of carbonyl (C=O) groups excluding carboxylic acids is 1. The van der Waals surface area contributed by atoms with Gasteiger partial charge >= 0.3 is 0 Å². The lowest BCUT2D eigenvalue weighted by atomic mass is 10.1. The Bertz CT molecular complexity index is 885. The molecule has 1 atom stereocenters. The molecule has 2 aromatic carbocycles. The van der Waals surface area contributed by atoms with Crippen molar-refractivity contribution in [2.45, 2.75) is 26.0 Å². The summed E-state index contributed by atoms with van der Waals surface area (Å²) in [6, 6.07) is 12.7. The number of sulfonamides is 1. The van der Waals surface area contributed by atoms with Crippen molar-refractivity contribution in [3.63, 3.8) is 0 Å². The summed E-state index contributed by atoms with van der Waals surface area (Å²) in [5.41, 5.74) is 1.87. The summed E-state index contributed by atoms with van der Waals surface area (Å²) in [5, 5.41) is 3.28. The lowest BCUT2D eigenvalue weighted by Gasteiger charge is -2.30. The molecule has 0 saturated carbocycles. The second-order valence-corrected chi connectivity index (χ2v) is 8.38. The largest absolute Gasteiger partial charge is 0.380 e. The normalized spacial score (nSPS) is 12.4. The van der Waals surface area contributed by atoms with Crippen LogP contribution in [-0.4, -0.2) is 33.7 Å². The van der Waals surface area contributed by atoms with E-state index >= 15 is 0 Å². The van der Waals surface area contributed by atoms with Crippen LogP contribution in [0.3, 0.4) is 0 Å². The standard InChI is InChI=1S/C19H23ClN2O4S/c1-4-18(19(23)21-16-7-5-6-14(12-16)13-26-2)22(27(3,24)25)17-10-8-15(20)9-11-17/h5-12,18H,4,13H2,1-3H3,(H,21,23)/t18-/m0/s1. The highest BCUT2D eigenvalue weighted by molar-refractivity contribution is 7.92. The van der Waals surface area contributed by atoms with Crippen molar-refractivity contribution in [2.24, 2.45) is 0 Å². The average molecular weight is 411 g/mol. The highest BCUT2D eigenvalue weighted by Gasteiger charge is 2.31. The van der Waals surface area contributed by atoms with Crippen molar-refractivity contribution in [2.75, 3.05) is 23.0 Å². The Balaban J connectivity index is 2.32. The average Bonchev–Trinajstić information content (AvgIpc) is 2.60. The van der Waals surface area contributed by atoms with Crippen molar-refractivity contribution in [3.8, 4) is 0 Å². The second kappa shape index (κ2) is 9.21. The Morgan fingerprint density at radius 2 is 1.89 bits per heavy atom. The molecule has 0 saturated heterocycles. The fraction of sp³-hybridized carbons (Fsp3) is 0.316. The predicted octanol–water partition coefficient (Wildman–Crippen LogP) is 3.67. The van der Waals surface area contributed by atoms with Gasteiger partial charge in [-0.15, -0.1) is 0 Å². The molecule has 1 N–H and O–H groups in total. The Morgan fingerprint density at radius 3 is 2.44 bits per heavy atom. The van der Waals surface area contributed by atoms with Gasteiger partial charge < -0.3 is 10.1 Å². The van der Waals surface area contributed by atoms with Crippen LogP contribution < -0.4 is 9.62 Å². The zero-order valence-corrected chi connectivity index (χ0v) is 17.0. The summed E-state index contributed by atoms with van der Waals surface area (Å²) in [4.78, 5) is 12.9. The first-order valence-corrected chi connectivity index (χ1v) is 10.6. The minimum Gasteiger partial charge on any atom is -0.380 e. The van der Waals surface area contributed by atoms with Gasteiger partial charge in [-0.3, -0.25) is 9.10 Å². The topological polar surface area (TPSA) is 75.7 Å². The molecule has 0 bridgehead atoms. The summed E-state index contributed by atoms with van der Waals surface area (Å²) in [7, 11) is -2.10. The van der Waals surface area contributed by atoms with E-state index in [0.717, 1.165) is 16.1 Å². The molecule has 0 aliphatic heterocycles. The molecule has 27 heavy (non-hydrogen) atoms. The summed E-state index contributed by atoms with van der Waals surface area (Å²) < 4.78 is 31.0. The van der Waals surface area contributed by atoms with Gasteiger partial charge in [0.05, 0.1) is 18.6 Å². The quantitative estimate of drug-likeness (QED) is 0.720. The van der Waals surface area contributed by atoms with E-state index in [1.807, 2.05) is 6.07 Å². The predicted molar refractivity (Wildman–Crippen MR) is 109 cm³/mol. The van der Waals surface area contributed by atoms with Crippen LogP contribution in [0.2, 0.25) is 5.02 Å². The molecule has 0 fully saturated rings. The minimum atomic E-state index is -3.69. The summed E-state index contributed by atoms with van der Waals surface area (Å²) >= 11 is 5.90. The maximum Gasteiger partial charge on any atom is 0.248 e. The second-order valence-electron chi connectivity index (χ2n) is 6.08. The smallest absolute Gasteiger partial charge is 0.248 e. The van der Waals surface area contributed by atoms with Crippen LogP contribution in [0.4, 0.5) is 11.4 Å². The van der Waals surface area contributed by atoms with Crippen LogP contribution in [0.25, 0.3) is 0 Å². The van der Waals surface area contributed by atoms with E-state index < -0.39 is 22.0 Å². The van der Waals surface area contributed by atoms with Gasteiger partial charge in [0.1, 0.15) is 6.04 Å². The number of halogens is 1. The Hall–Kier alpha value is -2.09. The number of amides is 1. The third-order valence-electron chi connectivity index (χ3n) is 3.92. The Labute approximate surface area is 165 Å². The van der Waals surface area contributed by atoms with Gasteiger partial charge in [0.25, 0.3) is 0 Å². The van der Waals surface area contributed by atoms with Gasteiger partial charge in [-0.25, -0.2) is 8.42 Å². The molecule has 6 nitrogen and oxygen atoms in total. The van der Waals surface area contributed by atoms with Gasteiger partial charge in [0.2, 0.25) is 15.9 Å². The molecule has 8 heteroatoms. The summed E-state index contributed by atoms with van der Waals surface area (Å²) in [6.45, 7) is 2.18. The summed E-state index contributed by atoms with van der Waals surface area (Å²) in [5.74, 6) is -0.410. The van der Waals surface area contributed by atoms with Gasteiger partial charge in [0.15, 0.2) is 0 Å². The van der Waals surface area contributed by atoms with Gasteiger partial charge in [0, 0.05) is 17.8 Å². The maximum atomic E-state index is 12.9. The summed E-state index contributed by atoms with van der Waals surface area (Å²) in [6.07, 6.45) is 1.38. The van der Waals surface area contributed by atoms with Crippen molar-refractivity contribution >= 4 is 38.9 Å². The molecule has 0 aliphatic rings. The van der Waals surface area contributed by atoms with Crippen molar-refractivity contribution in [3.05, 3.63) is 59.1 Å². The molecule has 0 aliphatic carbocycles. The maximum absolute atomic E-state index is 12.9. The molecule has 0 aromatic heterocycles. The molecule has 1 amide bonds. The van der Waals surface area contributed by atoms with E-state index in [4.69, 9.17) is 16.3 Å². The van der Waals surface area contributed by atoms with Crippen molar-refractivity contribution < 1.29 is 17.9 Å². The fourth-order valence-electron chi connectivity index (χ4n) is 2.78. The zero-order valence-electron chi connectivity index (χ0n) is 15.5. The number of hydrogen-bond donors (Lipinski definition) is 1. The number of methoxy groups -OCH3 is 1. The number of rotatable bonds is 8. The number of ether oxygens (including phenoxy) is 1. The van der Waals surface area contributed by atoms with E-state index in [-0.39, 0.29) is 0 Å². The SMILES string of the molecule is CC[C@@H](C(=O)Nc1cccc(COC)c1)N(c1ccc(Cl)cc1)S(C)(=O)=O. The van der Waals surface area contributed by atoms with Gasteiger partial charge in [-0.1, -0.05) is 30.7 Å². The number of nitrogens with zero attached hydrogens (tertiary/aromatic N) is 1. The van der Waals surface area contributed by atoms with E-state index in [1.54, 1.807) is 56.5 Å². The van der Waals surface area contributed by atoms with Crippen LogP contribution in [-0.2, 0) is 26.2 Å². The third-order valence-corrected chi connectivity index (χ3v) is 5.35. The van der Waals surface area contributed by atoms with Gasteiger partial charge in [-0.05, 0) is 48.4 Å². The van der Waals surface area contributed by atoms with Crippen LogP contribution >= 0.6 is 11.6 Å². The highest BCUT2D eigenvalue weighted by Crippen LogP contribution is 2.25. The first-order chi connectivity index (χ1) is 12.8. The number of anilines is 2.